The highest BCUT2D eigenvalue weighted by Gasteiger charge is 2.41. The van der Waals surface area contributed by atoms with E-state index in [1.165, 1.54) is 18.2 Å². The van der Waals surface area contributed by atoms with Gasteiger partial charge in [0, 0.05) is 11.4 Å². The Morgan fingerprint density at radius 1 is 0.970 bits per heavy atom. The van der Waals surface area contributed by atoms with Gasteiger partial charge in [-0.2, -0.15) is 0 Å². The normalized spacial score (nSPS) is 23.6. The SMILES string of the molecule is COc1ccc(/C=C2\SC(=Nc3ccccc3)N([C@H]3CCCC[C@H]3C)C2=O)c2ccccc12. The Labute approximate surface area is 199 Å². The maximum atomic E-state index is 13.7. The van der Waals surface area contributed by atoms with E-state index in [0.29, 0.717) is 5.92 Å². The summed E-state index contributed by atoms with van der Waals surface area (Å²) >= 11 is 1.49. The van der Waals surface area contributed by atoms with Crippen molar-refractivity contribution in [1.82, 2.24) is 4.90 Å². The summed E-state index contributed by atoms with van der Waals surface area (Å²) in [6.07, 6.45) is 6.59. The zero-order chi connectivity index (χ0) is 22.8. The number of para-hydroxylation sites is 1. The van der Waals surface area contributed by atoms with Crippen molar-refractivity contribution in [2.75, 3.05) is 7.11 Å². The van der Waals surface area contributed by atoms with Crippen molar-refractivity contribution < 1.29 is 9.53 Å². The van der Waals surface area contributed by atoms with Crippen LogP contribution in [0.25, 0.3) is 16.8 Å². The number of carbonyl (C=O) groups excluding carboxylic acids is 1. The highest BCUT2D eigenvalue weighted by atomic mass is 32.2. The minimum absolute atomic E-state index is 0.0633. The average molecular weight is 457 g/mol. The van der Waals surface area contributed by atoms with Crippen LogP contribution in [0.4, 0.5) is 5.69 Å². The Balaban J connectivity index is 1.58. The molecule has 2 aliphatic rings. The highest BCUT2D eigenvalue weighted by molar-refractivity contribution is 8.18. The number of aliphatic imine (C=N–C) groups is 1. The molecule has 1 aliphatic carbocycles. The monoisotopic (exact) mass is 456 g/mol. The van der Waals surface area contributed by atoms with Crippen LogP contribution < -0.4 is 4.74 Å². The van der Waals surface area contributed by atoms with Crippen LogP contribution in [-0.4, -0.2) is 29.1 Å². The molecule has 0 spiro atoms. The summed E-state index contributed by atoms with van der Waals surface area (Å²) in [5, 5.41) is 2.90. The van der Waals surface area contributed by atoms with Crippen LogP contribution in [0, 0.1) is 5.92 Å². The predicted octanol–water partition coefficient (Wildman–Crippen LogP) is 7.03. The van der Waals surface area contributed by atoms with Crippen molar-refractivity contribution in [1.29, 1.82) is 0 Å². The summed E-state index contributed by atoms with van der Waals surface area (Å²) in [6, 6.07) is 22.3. The van der Waals surface area contributed by atoms with Crippen molar-refractivity contribution in [3.8, 4) is 5.75 Å². The third-order valence-electron chi connectivity index (χ3n) is 6.64. The largest absolute Gasteiger partial charge is 0.496 e. The Bertz CT molecular complexity index is 1240. The van der Waals surface area contributed by atoms with Gasteiger partial charge >= 0.3 is 0 Å². The van der Waals surface area contributed by atoms with Crippen molar-refractivity contribution in [3.05, 3.63) is 77.2 Å². The second-order valence-corrected chi connectivity index (χ2v) is 9.76. The topological polar surface area (TPSA) is 41.9 Å². The highest BCUT2D eigenvalue weighted by Crippen LogP contribution is 2.41. The predicted molar refractivity (Wildman–Crippen MR) is 138 cm³/mol. The average Bonchev–Trinajstić information content (AvgIpc) is 3.14. The van der Waals surface area contributed by atoms with Crippen LogP contribution in [0.2, 0.25) is 0 Å². The molecule has 5 heteroatoms. The molecule has 0 unspecified atom stereocenters. The van der Waals surface area contributed by atoms with Gasteiger partial charge in [-0.3, -0.25) is 9.69 Å². The number of benzene rings is 3. The van der Waals surface area contributed by atoms with Crippen LogP contribution in [0.15, 0.2) is 76.6 Å². The van der Waals surface area contributed by atoms with Crippen molar-refractivity contribution in [2.45, 2.75) is 38.6 Å². The van der Waals surface area contributed by atoms with E-state index >= 15 is 0 Å². The smallest absolute Gasteiger partial charge is 0.267 e. The first-order chi connectivity index (χ1) is 16.2. The number of fused-ring (bicyclic) bond motifs is 1. The summed E-state index contributed by atoms with van der Waals surface area (Å²) in [7, 11) is 1.69. The van der Waals surface area contributed by atoms with E-state index < -0.39 is 0 Å². The van der Waals surface area contributed by atoms with Gasteiger partial charge in [0.2, 0.25) is 0 Å². The molecule has 2 fully saturated rings. The Morgan fingerprint density at radius 3 is 2.45 bits per heavy atom. The molecule has 1 saturated carbocycles. The molecule has 0 bridgehead atoms. The second kappa shape index (κ2) is 9.44. The molecular weight excluding hydrogens is 428 g/mol. The standard InChI is InChI=1S/C28H28N2O2S/c1-19-10-6-9-15-24(19)30-27(31)26(33-28(30)29-21-11-4-3-5-12-21)18-20-16-17-25(32-2)23-14-8-7-13-22(20)23/h3-5,7-8,11-14,16-19,24H,6,9-10,15H2,1-2H3/b26-18-,29-28?/t19-,24+/m1/s1. The summed E-state index contributed by atoms with van der Waals surface area (Å²) in [5.74, 6) is 1.36. The van der Waals surface area contributed by atoms with E-state index in [-0.39, 0.29) is 11.9 Å². The molecule has 3 aromatic rings. The fourth-order valence-corrected chi connectivity index (χ4v) is 5.93. The van der Waals surface area contributed by atoms with Crippen LogP contribution in [0.5, 0.6) is 5.75 Å². The van der Waals surface area contributed by atoms with Gasteiger partial charge in [-0.05, 0) is 65.7 Å². The maximum absolute atomic E-state index is 13.7. The van der Waals surface area contributed by atoms with Gasteiger partial charge in [-0.15, -0.1) is 0 Å². The first-order valence-electron chi connectivity index (χ1n) is 11.6. The number of hydrogen-bond acceptors (Lipinski definition) is 4. The van der Waals surface area contributed by atoms with E-state index in [2.05, 4.69) is 19.1 Å². The molecule has 3 aromatic carbocycles. The Kier molecular flexibility index (Phi) is 6.23. The molecular formula is C28H28N2O2S. The quantitative estimate of drug-likeness (QED) is 0.396. The summed E-state index contributed by atoms with van der Waals surface area (Å²) in [5.41, 5.74) is 1.89. The molecule has 168 valence electrons. The molecule has 0 radical (unpaired) electrons. The number of rotatable bonds is 4. The molecule has 4 nitrogen and oxygen atoms in total. The molecule has 1 aliphatic heterocycles. The molecule has 5 rings (SSSR count). The minimum atomic E-state index is 0.0633. The molecule has 0 N–H and O–H groups in total. The maximum Gasteiger partial charge on any atom is 0.267 e. The van der Waals surface area contributed by atoms with Crippen molar-refractivity contribution in [3.63, 3.8) is 0 Å². The van der Waals surface area contributed by atoms with Crippen LogP contribution in [0.1, 0.15) is 38.2 Å². The lowest BCUT2D eigenvalue weighted by atomic mass is 9.85. The number of ether oxygens (including phenoxy) is 1. The fourth-order valence-electron chi connectivity index (χ4n) is 4.89. The van der Waals surface area contributed by atoms with Gasteiger partial charge in [0.25, 0.3) is 5.91 Å². The van der Waals surface area contributed by atoms with Crippen LogP contribution in [0.3, 0.4) is 0 Å². The summed E-state index contributed by atoms with van der Waals surface area (Å²) in [4.78, 5) is 21.3. The Morgan fingerprint density at radius 2 is 1.70 bits per heavy atom. The van der Waals surface area contributed by atoms with E-state index in [9.17, 15) is 4.79 Å². The van der Waals surface area contributed by atoms with Crippen LogP contribution in [-0.2, 0) is 4.79 Å². The van der Waals surface area contributed by atoms with Crippen LogP contribution >= 0.6 is 11.8 Å². The summed E-state index contributed by atoms with van der Waals surface area (Å²) < 4.78 is 5.55. The lowest BCUT2D eigenvalue weighted by Gasteiger charge is -2.35. The van der Waals surface area contributed by atoms with Gasteiger partial charge in [-0.1, -0.05) is 68.3 Å². The summed E-state index contributed by atoms with van der Waals surface area (Å²) in [6.45, 7) is 2.26. The van der Waals surface area contributed by atoms with Gasteiger partial charge in [0.05, 0.1) is 17.7 Å². The lowest BCUT2D eigenvalue weighted by Crippen LogP contribution is -2.44. The molecule has 1 heterocycles. The van der Waals surface area contributed by atoms with Gasteiger partial charge < -0.3 is 4.74 Å². The number of carbonyl (C=O) groups is 1. The number of amidine groups is 1. The Hall–Kier alpha value is -3.05. The number of nitrogens with zero attached hydrogens (tertiary/aromatic N) is 2. The molecule has 33 heavy (non-hydrogen) atoms. The van der Waals surface area contributed by atoms with Gasteiger partial charge in [-0.25, -0.2) is 4.99 Å². The molecule has 1 amide bonds. The first-order valence-corrected chi connectivity index (χ1v) is 12.4. The number of methoxy groups -OCH3 is 1. The second-order valence-electron chi connectivity index (χ2n) is 8.75. The third kappa shape index (κ3) is 4.30. The number of hydrogen-bond donors (Lipinski definition) is 0. The molecule has 1 saturated heterocycles. The fraction of sp³-hybridized carbons (Fsp3) is 0.286. The van der Waals surface area contributed by atoms with Gasteiger partial charge in [0.1, 0.15) is 5.75 Å². The number of amides is 1. The molecule has 0 aromatic heterocycles. The van der Waals surface area contributed by atoms with Crippen molar-refractivity contribution in [2.24, 2.45) is 10.9 Å². The van der Waals surface area contributed by atoms with E-state index in [0.717, 1.165) is 57.1 Å². The van der Waals surface area contributed by atoms with E-state index in [1.54, 1.807) is 7.11 Å². The minimum Gasteiger partial charge on any atom is -0.496 e. The lowest BCUT2D eigenvalue weighted by molar-refractivity contribution is -0.124. The van der Waals surface area contributed by atoms with Crippen molar-refractivity contribution >= 4 is 45.4 Å². The third-order valence-corrected chi connectivity index (χ3v) is 7.62. The first kappa shape index (κ1) is 21.8. The van der Waals surface area contributed by atoms with Gasteiger partial charge in [0.15, 0.2) is 5.17 Å². The zero-order valence-electron chi connectivity index (χ0n) is 19.0. The van der Waals surface area contributed by atoms with E-state index in [4.69, 9.17) is 9.73 Å². The van der Waals surface area contributed by atoms with E-state index in [1.807, 2.05) is 65.6 Å². The molecule has 2 atom stereocenters. The zero-order valence-corrected chi connectivity index (χ0v) is 19.8. The number of thioether (sulfide) groups is 1.